The first-order valence-corrected chi connectivity index (χ1v) is 6.74. The zero-order chi connectivity index (χ0) is 14.2. The summed E-state index contributed by atoms with van der Waals surface area (Å²) in [5.74, 6) is 0. The van der Waals surface area contributed by atoms with Crippen LogP contribution in [0.2, 0.25) is 0 Å². The molecule has 0 amide bonds. The summed E-state index contributed by atoms with van der Waals surface area (Å²) in [4.78, 5) is 25.4. The van der Waals surface area contributed by atoms with Gasteiger partial charge in [-0.1, -0.05) is 6.92 Å². The minimum absolute atomic E-state index is 0.348. The quantitative estimate of drug-likeness (QED) is 0.912. The molecule has 0 radical (unpaired) electrons. The predicted molar refractivity (Wildman–Crippen MR) is 75.4 cm³/mol. The van der Waals surface area contributed by atoms with Crippen LogP contribution in [0, 0.1) is 6.92 Å². The Bertz CT molecular complexity index is 726. The molecule has 2 heterocycles. The summed E-state index contributed by atoms with van der Waals surface area (Å²) in [5, 5.41) is 4.38. The van der Waals surface area contributed by atoms with E-state index in [1.54, 1.807) is 17.8 Å². The van der Waals surface area contributed by atoms with Crippen LogP contribution in [0.4, 0.5) is 0 Å². The first-order chi connectivity index (χ1) is 8.93. The van der Waals surface area contributed by atoms with Gasteiger partial charge >= 0.3 is 5.69 Å². The molecule has 0 saturated carbocycles. The van der Waals surface area contributed by atoms with Crippen LogP contribution in [0.3, 0.4) is 0 Å². The van der Waals surface area contributed by atoms with Crippen molar-refractivity contribution >= 4 is 15.9 Å². The number of nitrogens with one attached hydrogen (secondary N) is 1. The largest absolute Gasteiger partial charge is 0.328 e. The monoisotopic (exact) mass is 326 g/mol. The van der Waals surface area contributed by atoms with Crippen molar-refractivity contribution in [1.82, 2.24) is 19.3 Å². The van der Waals surface area contributed by atoms with Crippen LogP contribution >= 0.6 is 15.9 Å². The Kier molecular flexibility index (Phi) is 3.75. The Morgan fingerprint density at radius 2 is 2.11 bits per heavy atom. The molecule has 0 aliphatic heterocycles. The fourth-order valence-electron chi connectivity index (χ4n) is 1.89. The number of nitrogens with zero attached hydrogens (tertiary/aromatic N) is 3. The van der Waals surface area contributed by atoms with Crippen LogP contribution in [0.1, 0.15) is 23.9 Å². The summed E-state index contributed by atoms with van der Waals surface area (Å²) >= 11 is 3.51. The van der Waals surface area contributed by atoms with E-state index in [2.05, 4.69) is 26.0 Å². The van der Waals surface area contributed by atoms with Crippen LogP contribution in [-0.4, -0.2) is 19.3 Å². The Hall–Kier alpha value is -1.63. The Morgan fingerprint density at radius 1 is 1.42 bits per heavy atom. The van der Waals surface area contributed by atoms with E-state index >= 15 is 0 Å². The van der Waals surface area contributed by atoms with Crippen LogP contribution in [0.25, 0.3) is 0 Å². The van der Waals surface area contributed by atoms with Gasteiger partial charge in [0, 0.05) is 18.8 Å². The molecule has 6 nitrogen and oxygen atoms in total. The maximum absolute atomic E-state index is 11.8. The second-order valence-electron chi connectivity index (χ2n) is 4.38. The summed E-state index contributed by atoms with van der Waals surface area (Å²) in [6.45, 7) is 4.05. The average Bonchev–Trinajstić information content (AvgIpc) is 2.63. The molecular weight excluding hydrogens is 312 g/mol. The van der Waals surface area contributed by atoms with Gasteiger partial charge in [-0.25, -0.2) is 4.79 Å². The Morgan fingerprint density at radius 3 is 2.68 bits per heavy atom. The summed E-state index contributed by atoms with van der Waals surface area (Å²) in [7, 11) is 1.84. The summed E-state index contributed by atoms with van der Waals surface area (Å²) in [5.41, 5.74) is 1.59. The molecule has 0 bridgehead atoms. The second kappa shape index (κ2) is 5.16. The fourth-order valence-corrected chi connectivity index (χ4v) is 2.63. The standard InChI is InChI=1S/C12H15BrN4O2/c1-4-8-10(13)9(16(3)15-8)6-17-5-7(2)11(18)14-12(17)19/h5H,4,6H2,1-3H3,(H,14,18,19). The van der Waals surface area contributed by atoms with E-state index in [0.29, 0.717) is 12.1 Å². The van der Waals surface area contributed by atoms with Gasteiger partial charge in [0.05, 0.1) is 22.4 Å². The molecule has 0 aliphatic carbocycles. The number of rotatable bonds is 3. The van der Waals surface area contributed by atoms with Crippen molar-refractivity contribution in [2.45, 2.75) is 26.8 Å². The second-order valence-corrected chi connectivity index (χ2v) is 5.18. The number of halogens is 1. The summed E-state index contributed by atoms with van der Waals surface area (Å²) in [6.07, 6.45) is 2.38. The molecule has 0 atom stereocenters. The number of H-pyrrole nitrogens is 1. The van der Waals surface area contributed by atoms with Crippen molar-refractivity contribution < 1.29 is 0 Å². The van der Waals surface area contributed by atoms with Gasteiger partial charge in [0.25, 0.3) is 5.56 Å². The number of aromatic amines is 1. The van der Waals surface area contributed by atoms with Crippen molar-refractivity contribution in [2.24, 2.45) is 7.05 Å². The molecule has 0 unspecified atom stereocenters. The van der Waals surface area contributed by atoms with Gasteiger partial charge in [-0.2, -0.15) is 5.10 Å². The highest BCUT2D eigenvalue weighted by Crippen LogP contribution is 2.21. The molecular formula is C12H15BrN4O2. The van der Waals surface area contributed by atoms with E-state index in [4.69, 9.17) is 0 Å². The lowest BCUT2D eigenvalue weighted by Gasteiger charge is -2.07. The number of aryl methyl sites for hydroxylation is 3. The summed E-state index contributed by atoms with van der Waals surface area (Å²) < 4.78 is 4.13. The smallest absolute Gasteiger partial charge is 0.294 e. The number of hydrogen-bond acceptors (Lipinski definition) is 3. The van der Waals surface area contributed by atoms with E-state index in [9.17, 15) is 9.59 Å². The van der Waals surface area contributed by atoms with Gasteiger partial charge in [0.1, 0.15) is 0 Å². The average molecular weight is 327 g/mol. The Labute approximate surface area is 118 Å². The molecule has 0 aliphatic rings. The van der Waals surface area contributed by atoms with E-state index in [1.807, 2.05) is 14.0 Å². The lowest BCUT2D eigenvalue weighted by molar-refractivity contribution is 0.633. The van der Waals surface area contributed by atoms with Crippen LogP contribution in [0.15, 0.2) is 20.3 Å². The molecule has 19 heavy (non-hydrogen) atoms. The summed E-state index contributed by atoms with van der Waals surface area (Å²) in [6, 6.07) is 0. The lowest BCUT2D eigenvalue weighted by Crippen LogP contribution is -2.31. The fraction of sp³-hybridized carbons (Fsp3) is 0.417. The van der Waals surface area contributed by atoms with E-state index in [-0.39, 0.29) is 5.56 Å². The molecule has 0 spiro atoms. The minimum atomic E-state index is -0.415. The third kappa shape index (κ3) is 2.56. The lowest BCUT2D eigenvalue weighted by atomic mass is 10.3. The molecule has 0 saturated heterocycles. The molecule has 2 aromatic heterocycles. The van der Waals surface area contributed by atoms with Crippen LogP contribution < -0.4 is 11.2 Å². The number of aromatic nitrogens is 4. The Balaban J connectivity index is 2.48. The maximum atomic E-state index is 11.8. The molecule has 1 N–H and O–H groups in total. The third-order valence-corrected chi connectivity index (χ3v) is 3.93. The number of hydrogen-bond donors (Lipinski definition) is 1. The van der Waals surface area contributed by atoms with Crippen molar-refractivity contribution in [2.75, 3.05) is 0 Å². The highest BCUT2D eigenvalue weighted by molar-refractivity contribution is 9.10. The van der Waals surface area contributed by atoms with Crippen molar-refractivity contribution in [3.63, 3.8) is 0 Å². The van der Waals surface area contributed by atoms with E-state index in [1.165, 1.54) is 4.57 Å². The molecule has 7 heteroatoms. The van der Waals surface area contributed by atoms with Gasteiger partial charge in [0.15, 0.2) is 0 Å². The van der Waals surface area contributed by atoms with Gasteiger partial charge in [-0.05, 0) is 29.3 Å². The highest BCUT2D eigenvalue weighted by atomic mass is 79.9. The van der Waals surface area contributed by atoms with Gasteiger partial charge in [-0.3, -0.25) is 19.0 Å². The minimum Gasteiger partial charge on any atom is -0.294 e. The van der Waals surface area contributed by atoms with E-state index in [0.717, 1.165) is 22.3 Å². The molecule has 2 rings (SSSR count). The van der Waals surface area contributed by atoms with Crippen LogP contribution in [-0.2, 0) is 20.0 Å². The molecule has 0 aromatic carbocycles. The SMILES string of the molecule is CCc1nn(C)c(Cn2cc(C)c(=O)[nH]c2=O)c1Br. The molecule has 0 fully saturated rings. The zero-order valence-corrected chi connectivity index (χ0v) is 12.6. The van der Waals surface area contributed by atoms with Gasteiger partial charge < -0.3 is 0 Å². The highest BCUT2D eigenvalue weighted by Gasteiger charge is 2.13. The first kappa shape index (κ1) is 13.8. The first-order valence-electron chi connectivity index (χ1n) is 5.94. The molecule has 2 aromatic rings. The van der Waals surface area contributed by atoms with E-state index < -0.39 is 5.69 Å². The molecule has 102 valence electrons. The zero-order valence-electron chi connectivity index (χ0n) is 11.0. The predicted octanol–water partition coefficient (Wildman–Crippen LogP) is 0.952. The van der Waals surface area contributed by atoms with Crippen molar-refractivity contribution in [3.8, 4) is 0 Å². The third-order valence-electron chi connectivity index (χ3n) is 3.01. The normalized spacial score (nSPS) is 10.9. The van der Waals surface area contributed by atoms with Crippen molar-refractivity contribution in [3.05, 3.63) is 48.5 Å². The van der Waals surface area contributed by atoms with Crippen LogP contribution in [0.5, 0.6) is 0 Å². The topological polar surface area (TPSA) is 72.7 Å². The van der Waals surface area contributed by atoms with Gasteiger partial charge in [-0.15, -0.1) is 0 Å². The van der Waals surface area contributed by atoms with Crippen molar-refractivity contribution in [1.29, 1.82) is 0 Å². The van der Waals surface area contributed by atoms with Gasteiger partial charge in [0.2, 0.25) is 0 Å². The maximum Gasteiger partial charge on any atom is 0.328 e.